The Morgan fingerprint density at radius 3 is 2.54 bits per heavy atom. The second kappa shape index (κ2) is 9.86. The van der Waals surface area contributed by atoms with Crippen LogP contribution in [0, 0.1) is 0 Å². The molecule has 0 bridgehead atoms. The van der Waals surface area contributed by atoms with E-state index in [9.17, 15) is 4.79 Å². The molecule has 1 aliphatic carbocycles. The Balaban J connectivity index is 1.36. The van der Waals surface area contributed by atoms with Gasteiger partial charge in [0.1, 0.15) is 0 Å². The zero-order valence-corrected chi connectivity index (χ0v) is 17.7. The molecule has 1 N–H and O–H groups in total. The molecule has 2 fully saturated rings. The van der Waals surface area contributed by atoms with Gasteiger partial charge in [-0.25, -0.2) is 0 Å². The Kier molecular flexibility index (Phi) is 7.00. The molecule has 2 aliphatic rings. The summed E-state index contributed by atoms with van der Waals surface area (Å²) >= 11 is 3.68. The van der Waals surface area contributed by atoms with E-state index >= 15 is 0 Å². The van der Waals surface area contributed by atoms with Crippen molar-refractivity contribution in [3.8, 4) is 0 Å². The number of rotatable bonds is 7. The Bertz CT molecular complexity index is 781. The summed E-state index contributed by atoms with van der Waals surface area (Å²) in [5.74, 6) is 0.851. The largest absolute Gasteiger partial charge is 0.377 e. The Hall–Kier alpha value is -1.43. The summed E-state index contributed by atoms with van der Waals surface area (Å²) < 4.78 is 5.71. The number of benzene rings is 2. The SMILES string of the molecule is O=C(Nc1ccc(SC2CCCC2)cc1)c1ccccc1SCC1CCCO1. The number of ether oxygens (including phenoxy) is 1. The Morgan fingerprint density at radius 1 is 1.00 bits per heavy atom. The number of hydrogen-bond acceptors (Lipinski definition) is 4. The van der Waals surface area contributed by atoms with Crippen molar-refractivity contribution < 1.29 is 9.53 Å². The van der Waals surface area contributed by atoms with E-state index in [1.807, 2.05) is 48.2 Å². The van der Waals surface area contributed by atoms with Gasteiger partial charge in [0.25, 0.3) is 5.91 Å². The van der Waals surface area contributed by atoms with E-state index in [1.54, 1.807) is 11.8 Å². The quantitative estimate of drug-likeness (QED) is 0.545. The van der Waals surface area contributed by atoms with Crippen molar-refractivity contribution in [1.82, 2.24) is 0 Å². The number of carbonyl (C=O) groups excluding carboxylic acids is 1. The molecule has 1 saturated heterocycles. The minimum absolute atomic E-state index is 0.0494. The molecule has 0 radical (unpaired) electrons. The molecule has 148 valence electrons. The van der Waals surface area contributed by atoms with Gasteiger partial charge in [-0.3, -0.25) is 4.79 Å². The molecule has 5 heteroatoms. The third kappa shape index (κ3) is 5.34. The van der Waals surface area contributed by atoms with Crippen molar-refractivity contribution in [2.75, 3.05) is 17.7 Å². The van der Waals surface area contributed by atoms with E-state index in [1.165, 1.54) is 30.6 Å². The fourth-order valence-electron chi connectivity index (χ4n) is 3.75. The normalized spacial score (nSPS) is 19.8. The smallest absolute Gasteiger partial charge is 0.256 e. The van der Waals surface area contributed by atoms with E-state index < -0.39 is 0 Å². The minimum Gasteiger partial charge on any atom is -0.377 e. The predicted molar refractivity (Wildman–Crippen MR) is 119 cm³/mol. The lowest BCUT2D eigenvalue weighted by molar-refractivity contribution is 0.102. The summed E-state index contributed by atoms with van der Waals surface area (Å²) in [6.45, 7) is 0.863. The fourth-order valence-corrected chi connectivity index (χ4v) is 6.12. The van der Waals surface area contributed by atoms with Crippen LogP contribution >= 0.6 is 23.5 Å². The zero-order chi connectivity index (χ0) is 19.2. The maximum absolute atomic E-state index is 12.8. The van der Waals surface area contributed by atoms with Crippen LogP contribution in [0.5, 0.6) is 0 Å². The number of nitrogens with one attached hydrogen (secondary N) is 1. The highest BCUT2D eigenvalue weighted by Crippen LogP contribution is 2.35. The van der Waals surface area contributed by atoms with Crippen molar-refractivity contribution in [3.05, 3.63) is 54.1 Å². The summed E-state index contributed by atoms with van der Waals surface area (Å²) in [7, 11) is 0. The molecule has 1 aliphatic heterocycles. The van der Waals surface area contributed by atoms with Gasteiger partial charge in [-0.1, -0.05) is 25.0 Å². The molecule has 0 spiro atoms. The summed E-state index contributed by atoms with van der Waals surface area (Å²) in [4.78, 5) is 15.1. The van der Waals surface area contributed by atoms with Gasteiger partial charge in [0.2, 0.25) is 0 Å². The summed E-state index contributed by atoms with van der Waals surface area (Å²) in [6.07, 6.45) is 7.93. The third-order valence-electron chi connectivity index (χ3n) is 5.30. The molecule has 3 nitrogen and oxygen atoms in total. The number of thioether (sulfide) groups is 2. The summed E-state index contributed by atoms with van der Waals surface area (Å²) in [5, 5.41) is 3.81. The van der Waals surface area contributed by atoms with Crippen molar-refractivity contribution in [2.24, 2.45) is 0 Å². The average Bonchev–Trinajstić information content (AvgIpc) is 3.42. The molecule has 2 aromatic rings. The van der Waals surface area contributed by atoms with Crippen LogP contribution in [0.1, 0.15) is 48.9 Å². The molecule has 1 heterocycles. The molecule has 1 unspecified atom stereocenters. The Morgan fingerprint density at radius 2 is 1.79 bits per heavy atom. The maximum Gasteiger partial charge on any atom is 0.256 e. The molecular formula is C23H27NO2S2. The lowest BCUT2D eigenvalue weighted by Crippen LogP contribution is -2.14. The van der Waals surface area contributed by atoms with E-state index in [0.29, 0.717) is 6.10 Å². The second-order valence-corrected chi connectivity index (χ2v) is 9.88. The van der Waals surface area contributed by atoms with E-state index in [2.05, 4.69) is 17.4 Å². The van der Waals surface area contributed by atoms with Crippen molar-refractivity contribution in [1.29, 1.82) is 0 Å². The lowest BCUT2D eigenvalue weighted by atomic mass is 10.2. The Labute approximate surface area is 176 Å². The highest BCUT2D eigenvalue weighted by atomic mass is 32.2. The van der Waals surface area contributed by atoms with E-state index in [-0.39, 0.29) is 5.91 Å². The molecule has 1 saturated carbocycles. The molecule has 28 heavy (non-hydrogen) atoms. The number of hydrogen-bond donors (Lipinski definition) is 1. The average molecular weight is 414 g/mol. The van der Waals surface area contributed by atoms with Crippen LogP contribution in [0.15, 0.2) is 58.3 Å². The van der Waals surface area contributed by atoms with Gasteiger partial charge in [0.15, 0.2) is 0 Å². The van der Waals surface area contributed by atoms with E-state index in [0.717, 1.165) is 46.6 Å². The first-order chi connectivity index (χ1) is 13.8. The standard InChI is InChI=1S/C23H27NO2S2/c25-23(21-9-3-4-10-22(21)27-16-18-6-5-15-26-18)24-17-11-13-20(14-12-17)28-19-7-1-2-8-19/h3-4,9-14,18-19H,1-2,5-8,15-16H2,(H,24,25). The molecule has 1 atom stereocenters. The number of anilines is 1. The maximum atomic E-state index is 12.8. The highest BCUT2D eigenvalue weighted by molar-refractivity contribution is 8.00. The first-order valence-corrected chi connectivity index (χ1v) is 12.1. The number of carbonyl (C=O) groups is 1. The minimum atomic E-state index is -0.0494. The van der Waals surface area contributed by atoms with Crippen LogP contribution in [0.4, 0.5) is 5.69 Å². The van der Waals surface area contributed by atoms with Gasteiger partial charge in [-0.2, -0.15) is 0 Å². The van der Waals surface area contributed by atoms with Crippen LogP contribution in [-0.4, -0.2) is 29.6 Å². The van der Waals surface area contributed by atoms with Gasteiger partial charge in [0, 0.05) is 33.1 Å². The van der Waals surface area contributed by atoms with Gasteiger partial charge in [0.05, 0.1) is 11.7 Å². The van der Waals surface area contributed by atoms with Crippen molar-refractivity contribution in [3.63, 3.8) is 0 Å². The first-order valence-electron chi connectivity index (χ1n) is 10.2. The zero-order valence-electron chi connectivity index (χ0n) is 16.1. The first kappa shape index (κ1) is 19.9. The van der Waals surface area contributed by atoms with Crippen molar-refractivity contribution in [2.45, 2.75) is 59.7 Å². The molecule has 0 aromatic heterocycles. The fraction of sp³-hybridized carbons (Fsp3) is 0.435. The molecule has 2 aromatic carbocycles. The lowest BCUT2D eigenvalue weighted by Gasteiger charge is -2.13. The molecular weight excluding hydrogens is 386 g/mol. The van der Waals surface area contributed by atoms with Crippen LogP contribution in [0.3, 0.4) is 0 Å². The van der Waals surface area contributed by atoms with Crippen LogP contribution < -0.4 is 5.32 Å². The van der Waals surface area contributed by atoms with Crippen molar-refractivity contribution >= 4 is 35.1 Å². The monoisotopic (exact) mass is 413 g/mol. The summed E-state index contributed by atoms with van der Waals surface area (Å²) in [6, 6.07) is 16.1. The predicted octanol–water partition coefficient (Wildman–Crippen LogP) is 6.24. The van der Waals surface area contributed by atoms with Gasteiger partial charge < -0.3 is 10.1 Å². The third-order valence-corrected chi connectivity index (χ3v) is 7.85. The second-order valence-electron chi connectivity index (χ2n) is 7.45. The number of amides is 1. The van der Waals surface area contributed by atoms with Gasteiger partial charge in [-0.15, -0.1) is 23.5 Å². The van der Waals surface area contributed by atoms with Crippen LogP contribution in [0.2, 0.25) is 0 Å². The highest BCUT2D eigenvalue weighted by Gasteiger charge is 2.18. The van der Waals surface area contributed by atoms with Crippen LogP contribution in [0.25, 0.3) is 0 Å². The van der Waals surface area contributed by atoms with Gasteiger partial charge in [-0.05, 0) is 62.1 Å². The van der Waals surface area contributed by atoms with Crippen LogP contribution in [-0.2, 0) is 4.74 Å². The van der Waals surface area contributed by atoms with Gasteiger partial charge >= 0.3 is 0 Å². The molecule has 4 rings (SSSR count). The summed E-state index contributed by atoms with van der Waals surface area (Å²) in [5.41, 5.74) is 1.58. The van der Waals surface area contributed by atoms with E-state index in [4.69, 9.17) is 4.74 Å². The molecule has 1 amide bonds. The topological polar surface area (TPSA) is 38.3 Å².